The van der Waals surface area contributed by atoms with Crippen molar-refractivity contribution in [1.82, 2.24) is 10.3 Å². The Bertz CT molecular complexity index is 560. The molecule has 1 atom stereocenters. The fourth-order valence-electron chi connectivity index (χ4n) is 1.85. The maximum Gasteiger partial charge on any atom is 0.137 e. The molecule has 0 saturated carbocycles. The number of rotatable bonds is 4. The van der Waals surface area contributed by atoms with E-state index in [1.165, 1.54) is 6.07 Å². The molecule has 1 heterocycles. The van der Waals surface area contributed by atoms with Gasteiger partial charge >= 0.3 is 0 Å². The largest absolute Gasteiger partial charge is 0.311 e. The maximum atomic E-state index is 13.2. The van der Waals surface area contributed by atoms with Gasteiger partial charge < -0.3 is 5.32 Å². The van der Waals surface area contributed by atoms with E-state index in [4.69, 9.17) is 11.6 Å². The fraction of sp³-hybridized carbons (Fsp3) is 0.214. The zero-order valence-electron chi connectivity index (χ0n) is 10.3. The minimum absolute atomic E-state index is 0.0645. The van der Waals surface area contributed by atoms with Crippen molar-refractivity contribution in [2.45, 2.75) is 12.5 Å². The van der Waals surface area contributed by atoms with Crippen LogP contribution in [0.25, 0.3) is 0 Å². The van der Waals surface area contributed by atoms with Gasteiger partial charge in [0, 0.05) is 6.20 Å². The molecule has 1 aromatic carbocycles. The van der Waals surface area contributed by atoms with Gasteiger partial charge in [-0.15, -0.1) is 0 Å². The summed E-state index contributed by atoms with van der Waals surface area (Å²) in [6.07, 6.45) is 2.35. The monoisotopic (exact) mass is 342 g/mol. The smallest absolute Gasteiger partial charge is 0.137 e. The Morgan fingerprint density at radius 1 is 1.37 bits per heavy atom. The zero-order valence-corrected chi connectivity index (χ0v) is 12.7. The van der Waals surface area contributed by atoms with Crippen LogP contribution in [-0.2, 0) is 6.42 Å². The minimum atomic E-state index is -0.255. The SMILES string of the molecule is CNC(Cc1ccc(F)c(Br)c1)c1ccc(Cl)cn1. The third kappa shape index (κ3) is 3.75. The van der Waals surface area contributed by atoms with Crippen LogP contribution in [0.4, 0.5) is 4.39 Å². The first-order chi connectivity index (χ1) is 9.10. The van der Waals surface area contributed by atoms with Crippen molar-refractivity contribution in [3.05, 3.63) is 63.1 Å². The number of hydrogen-bond donors (Lipinski definition) is 1. The lowest BCUT2D eigenvalue weighted by Gasteiger charge is -2.16. The average Bonchev–Trinajstić information content (AvgIpc) is 2.41. The van der Waals surface area contributed by atoms with E-state index in [9.17, 15) is 4.39 Å². The van der Waals surface area contributed by atoms with Crippen LogP contribution in [0.15, 0.2) is 41.0 Å². The van der Waals surface area contributed by atoms with E-state index in [0.29, 0.717) is 9.50 Å². The number of halogens is 3. The standard InChI is InChI=1S/C14H13BrClFN2/c1-18-14(13-5-3-10(16)8-19-13)7-9-2-4-12(17)11(15)6-9/h2-6,8,14,18H,7H2,1H3. The van der Waals surface area contributed by atoms with Crippen LogP contribution >= 0.6 is 27.5 Å². The second-order valence-corrected chi connectivity index (χ2v) is 5.49. The van der Waals surface area contributed by atoms with Crippen molar-refractivity contribution in [2.24, 2.45) is 0 Å². The van der Waals surface area contributed by atoms with E-state index in [0.717, 1.165) is 17.7 Å². The van der Waals surface area contributed by atoms with Gasteiger partial charge in [0.25, 0.3) is 0 Å². The molecule has 0 aliphatic heterocycles. The first kappa shape index (κ1) is 14.4. The van der Waals surface area contributed by atoms with E-state index in [1.54, 1.807) is 18.3 Å². The summed E-state index contributed by atoms with van der Waals surface area (Å²) in [4.78, 5) is 4.31. The Labute approximate surface area is 125 Å². The summed E-state index contributed by atoms with van der Waals surface area (Å²) in [5, 5.41) is 3.82. The summed E-state index contributed by atoms with van der Waals surface area (Å²) in [5.41, 5.74) is 1.94. The van der Waals surface area contributed by atoms with Gasteiger partial charge in [-0.25, -0.2) is 4.39 Å². The highest BCUT2D eigenvalue weighted by Gasteiger charge is 2.12. The van der Waals surface area contributed by atoms with Crippen LogP contribution in [0.1, 0.15) is 17.3 Å². The summed E-state index contributed by atoms with van der Waals surface area (Å²) in [6, 6.07) is 8.79. The highest BCUT2D eigenvalue weighted by Crippen LogP contribution is 2.22. The molecule has 100 valence electrons. The van der Waals surface area contributed by atoms with E-state index in [1.807, 2.05) is 19.2 Å². The van der Waals surface area contributed by atoms with E-state index in [2.05, 4.69) is 26.2 Å². The van der Waals surface area contributed by atoms with Crippen molar-refractivity contribution in [3.63, 3.8) is 0 Å². The summed E-state index contributed by atoms with van der Waals surface area (Å²) >= 11 is 9.02. The molecule has 0 bridgehead atoms. The lowest BCUT2D eigenvalue weighted by molar-refractivity contribution is 0.573. The van der Waals surface area contributed by atoms with Crippen molar-refractivity contribution in [2.75, 3.05) is 7.05 Å². The van der Waals surface area contributed by atoms with Crippen molar-refractivity contribution >= 4 is 27.5 Å². The van der Waals surface area contributed by atoms with Gasteiger partial charge in [-0.3, -0.25) is 4.98 Å². The molecule has 0 amide bonds. The Morgan fingerprint density at radius 3 is 2.74 bits per heavy atom. The van der Waals surface area contributed by atoms with Crippen LogP contribution in [0.3, 0.4) is 0 Å². The molecule has 0 fully saturated rings. The lowest BCUT2D eigenvalue weighted by atomic mass is 10.0. The fourth-order valence-corrected chi connectivity index (χ4v) is 2.39. The number of nitrogens with one attached hydrogen (secondary N) is 1. The molecule has 2 nitrogen and oxygen atoms in total. The van der Waals surface area contributed by atoms with E-state index < -0.39 is 0 Å². The van der Waals surface area contributed by atoms with Crippen LogP contribution in [0.5, 0.6) is 0 Å². The summed E-state index contributed by atoms with van der Waals surface area (Å²) in [6.45, 7) is 0. The quantitative estimate of drug-likeness (QED) is 0.902. The molecule has 0 spiro atoms. The van der Waals surface area contributed by atoms with Gasteiger partial charge in [-0.2, -0.15) is 0 Å². The predicted octanol–water partition coefficient (Wildman–Crippen LogP) is 4.14. The molecule has 0 aliphatic rings. The number of pyridine rings is 1. The van der Waals surface area contributed by atoms with Crippen LogP contribution in [0, 0.1) is 5.82 Å². The summed E-state index contributed by atoms with van der Waals surface area (Å²) in [5.74, 6) is -0.255. The second kappa shape index (κ2) is 6.46. The molecule has 0 aliphatic carbocycles. The number of likely N-dealkylation sites (N-methyl/N-ethyl adjacent to an activating group) is 1. The number of benzene rings is 1. The lowest BCUT2D eigenvalue weighted by Crippen LogP contribution is -2.20. The summed E-state index contributed by atoms with van der Waals surface area (Å²) < 4.78 is 13.7. The van der Waals surface area contributed by atoms with Crippen molar-refractivity contribution in [3.8, 4) is 0 Å². The van der Waals surface area contributed by atoms with Crippen molar-refractivity contribution < 1.29 is 4.39 Å². The Morgan fingerprint density at radius 2 is 2.16 bits per heavy atom. The van der Waals surface area contributed by atoms with Gasteiger partial charge in [-0.1, -0.05) is 17.7 Å². The van der Waals surface area contributed by atoms with E-state index >= 15 is 0 Å². The Balaban J connectivity index is 2.18. The normalized spacial score (nSPS) is 12.4. The molecule has 0 radical (unpaired) electrons. The van der Waals surface area contributed by atoms with Gasteiger partial charge in [0.2, 0.25) is 0 Å². The van der Waals surface area contributed by atoms with Crippen LogP contribution in [-0.4, -0.2) is 12.0 Å². The molecule has 5 heteroatoms. The topological polar surface area (TPSA) is 24.9 Å². The molecular formula is C14H13BrClFN2. The molecular weight excluding hydrogens is 331 g/mol. The molecule has 1 unspecified atom stereocenters. The molecule has 2 aromatic rings. The Hall–Kier alpha value is -0.970. The molecule has 0 saturated heterocycles. The van der Waals surface area contributed by atoms with E-state index in [-0.39, 0.29) is 11.9 Å². The highest BCUT2D eigenvalue weighted by atomic mass is 79.9. The Kier molecular flexibility index (Phi) is 4.91. The van der Waals surface area contributed by atoms with Gasteiger partial charge in [0.1, 0.15) is 5.82 Å². The first-order valence-electron chi connectivity index (χ1n) is 5.83. The average molecular weight is 344 g/mol. The predicted molar refractivity (Wildman–Crippen MR) is 78.9 cm³/mol. The maximum absolute atomic E-state index is 13.2. The molecule has 1 N–H and O–H groups in total. The van der Waals surface area contributed by atoms with Crippen LogP contribution < -0.4 is 5.32 Å². The third-order valence-electron chi connectivity index (χ3n) is 2.88. The molecule has 19 heavy (non-hydrogen) atoms. The minimum Gasteiger partial charge on any atom is -0.311 e. The summed E-state index contributed by atoms with van der Waals surface area (Å²) in [7, 11) is 1.87. The second-order valence-electron chi connectivity index (χ2n) is 4.20. The zero-order chi connectivity index (χ0) is 13.8. The van der Waals surface area contributed by atoms with Gasteiger partial charge in [0.05, 0.1) is 21.2 Å². The molecule has 2 rings (SSSR count). The first-order valence-corrected chi connectivity index (χ1v) is 7.00. The third-order valence-corrected chi connectivity index (χ3v) is 3.71. The number of aromatic nitrogens is 1. The van der Waals surface area contributed by atoms with Crippen molar-refractivity contribution in [1.29, 1.82) is 0 Å². The van der Waals surface area contributed by atoms with Gasteiger partial charge in [-0.05, 0) is 59.2 Å². The number of hydrogen-bond acceptors (Lipinski definition) is 2. The van der Waals surface area contributed by atoms with Gasteiger partial charge in [0.15, 0.2) is 0 Å². The molecule has 1 aromatic heterocycles. The van der Waals surface area contributed by atoms with Crippen LogP contribution in [0.2, 0.25) is 5.02 Å². The number of nitrogens with zero attached hydrogens (tertiary/aromatic N) is 1. The highest BCUT2D eigenvalue weighted by molar-refractivity contribution is 9.10.